The van der Waals surface area contributed by atoms with Crippen LogP contribution in [0.2, 0.25) is 0 Å². The van der Waals surface area contributed by atoms with E-state index in [9.17, 15) is 8.42 Å². The minimum absolute atomic E-state index is 0. The second-order valence-electron chi connectivity index (χ2n) is 5.94. The van der Waals surface area contributed by atoms with E-state index in [0.29, 0.717) is 29.2 Å². The lowest BCUT2D eigenvalue weighted by atomic mass is 10.1. The summed E-state index contributed by atoms with van der Waals surface area (Å²) in [4.78, 5) is 2.48. The van der Waals surface area contributed by atoms with Crippen LogP contribution >= 0.6 is 12.4 Å². The number of ether oxygens (including phenoxy) is 1. The number of halogens is 1. The number of nitrogens with zero attached hydrogens (tertiary/aromatic N) is 1. The Morgan fingerprint density at radius 3 is 2.38 bits per heavy atom. The molecule has 2 aromatic carbocycles. The highest BCUT2D eigenvalue weighted by Gasteiger charge is 2.34. The van der Waals surface area contributed by atoms with Gasteiger partial charge in [-0.2, -0.15) is 0 Å². The first kappa shape index (κ1) is 20.4. The van der Waals surface area contributed by atoms with Gasteiger partial charge in [0, 0.05) is 24.2 Å². The van der Waals surface area contributed by atoms with Crippen LogP contribution in [0.1, 0.15) is 25.8 Å². The van der Waals surface area contributed by atoms with E-state index in [-0.39, 0.29) is 22.2 Å². The number of nitrogens with one attached hydrogen (secondary N) is 1. The summed E-state index contributed by atoms with van der Waals surface area (Å²) in [6, 6.07) is 11.7. The maximum absolute atomic E-state index is 13.1. The number of hydrogen-bond acceptors (Lipinski definition) is 5. The van der Waals surface area contributed by atoms with E-state index in [2.05, 4.69) is 18.7 Å². The third kappa shape index (κ3) is 3.63. The zero-order valence-electron chi connectivity index (χ0n) is 14.9. The molecule has 0 unspecified atom stereocenters. The number of sulfone groups is 1. The van der Waals surface area contributed by atoms with Crippen molar-refractivity contribution in [3.63, 3.8) is 0 Å². The van der Waals surface area contributed by atoms with Crippen molar-refractivity contribution in [1.29, 1.82) is 5.41 Å². The quantitative estimate of drug-likeness (QED) is 0.637. The molecule has 26 heavy (non-hydrogen) atoms. The summed E-state index contributed by atoms with van der Waals surface area (Å²) in [6.07, 6.45) is 0.495. The van der Waals surface area contributed by atoms with Gasteiger partial charge in [0.05, 0.1) is 0 Å². The summed E-state index contributed by atoms with van der Waals surface area (Å²) in [5.74, 6) is 0.630. The normalized spacial score (nSPS) is 14.0. The second-order valence-corrected chi connectivity index (χ2v) is 7.80. The molecule has 7 heteroatoms. The van der Waals surface area contributed by atoms with Crippen molar-refractivity contribution in [2.24, 2.45) is 0 Å². The minimum Gasteiger partial charge on any atom is -0.455 e. The zero-order chi connectivity index (χ0) is 18.0. The molecule has 0 saturated carbocycles. The molecule has 0 aliphatic carbocycles. The molecule has 3 rings (SSSR count). The lowest BCUT2D eigenvalue weighted by Crippen LogP contribution is -2.26. The fraction of sp³-hybridized carbons (Fsp3) is 0.316. The fourth-order valence-electron chi connectivity index (χ4n) is 3.04. The van der Waals surface area contributed by atoms with Gasteiger partial charge in [0.2, 0.25) is 9.84 Å². The first-order valence-corrected chi connectivity index (χ1v) is 9.92. The predicted molar refractivity (Wildman–Crippen MR) is 105 cm³/mol. The Bertz CT molecular complexity index is 909. The summed E-state index contributed by atoms with van der Waals surface area (Å²) in [7, 11) is -3.71. The average molecular weight is 395 g/mol. The molecule has 0 fully saturated rings. The SMILES string of the molecule is CCN(CC)CCC(=N)c1cccc2c1S(=O)(=O)c1ccccc1O2.Cl. The Kier molecular flexibility index (Phi) is 6.44. The number of fused-ring (bicyclic) bond motifs is 2. The fourth-order valence-corrected chi connectivity index (χ4v) is 4.75. The first-order valence-electron chi connectivity index (χ1n) is 8.44. The van der Waals surface area contributed by atoms with Crippen LogP contribution < -0.4 is 4.74 Å². The van der Waals surface area contributed by atoms with Crippen molar-refractivity contribution in [2.45, 2.75) is 30.1 Å². The summed E-state index contributed by atoms with van der Waals surface area (Å²) in [5.41, 5.74) is 0.745. The Hall–Kier alpha value is -1.89. The maximum atomic E-state index is 13.1. The smallest absolute Gasteiger partial charge is 0.214 e. The number of rotatable bonds is 6. The van der Waals surface area contributed by atoms with E-state index in [0.717, 1.165) is 19.6 Å². The summed E-state index contributed by atoms with van der Waals surface area (Å²) < 4.78 is 32.0. The van der Waals surface area contributed by atoms with Gasteiger partial charge in [0.15, 0.2) is 0 Å². The van der Waals surface area contributed by atoms with Crippen molar-refractivity contribution in [2.75, 3.05) is 19.6 Å². The highest BCUT2D eigenvalue weighted by atomic mass is 35.5. The van der Waals surface area contributed by atoms with Crippen molar-refractivity contribution in [1.82, 2.24) is 4.90 Å². The Morgan fingerprint density at radius 2 is 1.69 bits per heavy atom. The van der Waals surface area contributed by atoms with Gasteiger partial charge >= 0.3 is 0 Å². The molecule has 1 N–H and O–H groups in total. The topological polar surface area (TPSA) is 70.5 Å². The van der Waals surface area contributed by atoms with Crippen molar-refractivity contribution in [3.8, 4) is 11.5 Å². The van der Waals surface area contributed by atoms with E-state index >= 15 is 0 Å². The lowest BCUT2D eigenvalue weighted by Gasteiger charge is -2.23. The molecule has 2 aromatic rings. The zero-order valence-corrected chi connectivity index (χ0v) is 16.5. The number of para-hydroxylation sites is 1. The van der Waals surface area contributed by atoms with E-state index < -0.39 is 9.84 Å². The Labute approximate surface area is 160 Å². The van der Waals surface area contributed by atoms with Gasteiger partial charge in [-0.1, -0.05) is 38.1 Å². The highest BCUT2D eigenvalue weighted by molar-refractivity contribution is 7.91. The van der Waals surface area contributed by atoms with E-state index in [1.165, 1.54) is 0 Å². The van der Waals surface area contributed by atoms with Crippen LogP contribution in [0, 0.1) is 5.41 Å². The van der Waals surface area contributed by atoms with Crippen LogP contribution in [0.3, 0.4) is 0 Å². The third-order valence-electron chi connectivity index (χ3n) is 4.50. The Morgan fingerprint density at radius 1 is 1.04 bits per heavy atom. The van der Waals surface area contributed by atoms with Crippen molar-refractivity contribution < 1.29 is 13.2 Å². The van der Waals surface area contributed by atoms with Crippen LogP contribution in [0.25, 0.3) is 0 Å². The first-order chi connectivity index (χ1) is 12.0. The largest absolute Gasteiger partial charge is 0.455 e. The predicted octanol–water partition coefficient (Wildman–Crippen LogP) is 4.15. The molecule has 0 bridgehead atoms. The molecule has 0 aromatic heterocycles. The van der Waals surface area contributed by atoms with Crippen LogP contribution in [0.15, 0.2) is 52.3 Å². The van der Waals surface area contributed by atoms with Gasteiger partial charge in [-0.25, -0.2) is 8.42 Å². The van der Waals surface area contributed by atoms with Gasteiger partial charge in [-0.05, 0) is 31.3 Å². The molecule has 0 radical (unpaired) electrons. The van der Waals surface area contributed by atoms with E-state index in [1.807, 2.05) is 0 Å². The number of benzene rings is 2. The van der Waals surface area contributed by atoms with Gasteiger partial charge in [0.1, 0.15) is 21.3 Å². The molecule has 0 saturated heterocycles. The molecule has 0 spiro atoms. The van der Waals surface area contributed by atoms with Gasteiger partial charge in [-0.15, -0.1) is 12.4 Å². The standard InChI is InChI=1S/C19H22N2O3S.ClH/c1-3-21(4-2)13-12-15(20)14-8-7-10-17-19(14)25(22,23)18-11-6-5-9-16(18)24-17;/h5-11,20H,3-4,12-13H2,1-2H3;1H. The number of hydrogen-bond donors (Lipinski definition) is 1. The Balaban J connectivity index is 0.00000243. The highest BCUT2D eigenvalue weighted by Crippen LogP contribution is 2.44. The average Bonchev–Trinajstić information content (AvgIpc) is 2.62. The van der Waals surface area contributed by atoms with Crippen LogP contribution in [-0.4, -0.2) is 38.7 Å². The third-order valence-corrected chi connectivity index (χ3v) is 6.38. The second kappa shape index (κ2) is 8.20. The summed E-state index contributed by atoms with van der Waals surface area (Å²) in [6.45, 7) is 6.70. The summed E-state index contributed by atoms with van der Waals surface area (Å²) >= 11 is 0. The van der Waals surface area contributed by atoms with Crippen LogP contribution in [-0.2, 0) is 9.84 Å². The monoisotopic (exact) mass is 394 g/mol. The maximum Gasteiger partial charge on any atom is 0.214 e. The lowest BCUT2D eigenvalue weighted by molar-refractivity contribution is 0.313. The van der Waals surface area contributed by atoms with Crippen molar-refractivity contribution >= 4 is 28.0 Å². The molecule has 140 valence electrons. The van der Waals surface area contributed by atoms with E-state index in [1.54, 1.807) is 42.5 Å². The molecule has 1 heterocycles. The molecular formula is C19H23ClN2O3S. The molecule has 1 aliphatic heterocycles. The van der Waals surface area contributed by atoms with Gasteiger partial charge in [-0.3, -0.25) is 0 Å². The molecule has 0 atom stereocenters. The molecule has 5 nitrogen and oxygen atoms in total. The van der Waals surface area contributed by atoms with Gasteiger partial charge < -0.3 is 15.0 Å². The summed E-state index contributed by atoms with van der Waals surface area (Å²) in [5, 5.41) is 8.43. The van der Waals surface area contributed by atoms with Crippen molar-refractivity contribution in [3.05, 3.63) is 48.0 Å². The molecular weight excluding hydrogens is 372 g/mol. The molecule has 0 amide bonds. The van der Waals surface area contributed by atoms with Gasteiger partial charge in [0.25, 0.3) is 0 Å². The van der Waals surface area contributed by atoms with Crippen LogP contribution in [0.5, 0.6) is 11.5 Å². The van der Waals surface area contributed by atoms with Crippen LogP contribution in [0.4, 0.5) is 0 Å². The molecule has 1 aliphatic rings. The van der Waals surface area contributed by atoms with E-state index in [4.69, 9.17) is 10.1 Å². The minimum atomic E-state index is -3.71.